The molecule has 1 fully saturated rings. The van der Waals surface area contributed by atoms with Crippen molar-refractivity contribution in [1.82, 2.24) is 5.32 Å². The van der Waals surface area contributed by atoms with Gasteiger partial charge in [0, 0.05) is 0 Å². The van der Waals surface area contributed by atoms with Crippen LogP contribution in [0.25, 0.3) is 0 Å². The molecule has 5 atom stereocenters. The summed E-state index contributed by atoms with van der Waals surface area (Å²) in [6.07, 6.45) is -0.544. The third-order valence-electron chi connectivity index (χ3n) is 4.03. The molecule has 4 nitrogen and oxygen atoms in total. The minimum atomic E-state index is -0.609. The maximum absolute atomic E-state index is 12.2. The highest BCUT2D eigenvalue weighted by Crippen LogP contribution is 2.32. The number of hydrogen-bond acceptors (Lipinski definition) is 3. The highest BCUT2D eigenvalue weighted by atomic mass is 16.5. The van der Waals surface area contributed by atoms with E-state index in [4.69, 9.17) is 4.74 Å². The number of ether oxygens (including phenoxy) is 1. The van der Waals surface area contributed by atoms with Crippen molar-refractivity contribution in [3.8, 4) is 0 Å². The van der Waals surface area contributed by atoms with Crippen molar-refractivity contribution in [2.24, 2.45) is 11.8 Å². The van der Waals surface area contributed by atoms with Crippen molar-refractivity contribution in [3.05, 3.63) is 0 Å². The molecule has 0 aromatic carbocycles. The van der Waals surface area contributed by atoms with E-state index in [0.717, 1.165) is 0 Å². The van der Waals surface area contributed by atoms with Gasteiger partial charge in [-0.05, 0) is 40.5 Å². The minimum Gasteiger partial charge on any atom is -0.391 e. The lowest BCUT2D eigenvalue weighted by Gasteiger charge is -2.31. The molecule has 17 heavy (non-hydrogen) atoms. The summed E-state index contributed by atoms with van der Waals surface area (Å²) in [5.74, 6) is 0.0399. The van der Waals surface area contributed by atoms with Crippen LogP contribution in [0.15, 0.2) is 0 Å². The number of aliphatic hydroxyl groups is 1. The monoisotopic (exact) mass is 243 g/mol. The van der Waals surface area contributed by atoms with E-state index < -0.39 is 11.6 Å². The first-order valence-corrected chi connectivity index (χ1v) is 6.32. The first kappa shape index (κ1) is 14.5. The van der Waals surface area contributed by atoms with Crippen LogP contribution in [0.4, 0.5) is 0 Å². The lowest BCUT2D eigenvalue weighted by atomic mass is 9.87. The highest BCUT2D eigenvalue weighted by Gasteiger charge is 2.43. The van der Waals surface area contributed by atoms with E-state index in [2.05, 4.69) is 5.32 Å². The van der Waals surface area contributed by atoms with E-state index in [1.807, 2.05) is 34.6 Å². The molecule has 0 saturated carbocycles. The fraction of sp³-hybridized carbons (Fsp3) is 0.923. The first-order valence-electron chi connectivity index (χ1n) is 6.32. The van der Waals surface area contributed by atoms with Crippen LogP contribution in [0.2, 0.25) is 0 Å². The Morgan fingerprint density at radius 1 is 1.29 bits per heavy atom. The van der Waals surface area contributed by atoms with Gasteiger partial charge in [-0.25, -0.2) is 0 Å². The molecule has 2 N–H and O–H groups in total. The Balaban J connectivity index is 2.71. The van der Waals surface area contributed by atoms with Crippen molar-refractivity contribution in [2.75, 3.05) is 0 Å². The smallest absolute Gasteiger partial charge is 0.226 e. The Hall–Kier alpha value is -0.610. The highest BCUT2D eigenvalue weighted by molar-refractivity contribution is 5.80. The Labute approximate surface area is 104 Å². The van der Waals surface area contributed by atoms with Gasteiger partial charge >= 0.3 is 0 Å². The van der Waals surface area contributed by atoms with E-state index in [9.17, 15) is 9.90 Å². The number of rotatable bonds is 3. The van der Waals surface area contributed by atoms with Crippen molar-refractivity contribution >= 4 is 5.91 Å². The Morgan fingerprint density at radius 2 is 1.82 bits per heavy atom. The Morgan fingerprint density at radius 3 is 2.18 bits per heavy atom. The predicted molar refractivity (Wildman–Crippen MR) is 66.6 cm³/mol. The van der Waals surface area contributed by atoms with E-state index in [1.54, 1.807) is 6.92 Å². The fourth-order valence-corrected chi connectivity index (χ4v) is 2.22. The first-order chi connectivity index (χ1) is 7.66. The number of hydrogen-bond donors (Lipinski definition) is 2. The van der Waals surface area contributed by atoms with Gasteiger partial charge in [-0.1, -0.05) is 6.92 Å². The number of carbonyl (C=O) groups is 1. The molecule has 4 heteroatoms. The Bertz CT molecular complexity index is 288. The van der Waals surface area contributed by atoms with Crippen LogP contribution < -0.4 is 5.32 Å². The van der Waals surface area contributed by atoms with Crippen LogP contribution in [0.3, 0.4) is 0 Å². The van der Waals surface area contributed by atoms with Crippen molar-refractivity contribution < 1.29 is 14.6 Å². The topological polar surface area (TPSA) is 58.6 Å². The van der Waals surface area contributed by atoms with Crippen molar-refractivity contribution in [3.63, 3.8) is 0 Å². The van der Waals surface area contributed by atoms with Gasteiger partial charge in [0.2, 0.25) is 5.91 Å². The van der Waals surface area contributed by atoms with Crippen LogP contribution in [0.5, 0.6) is 0 Å². The third kappa shape index (κ3) is 2.99. The molecule has 0 bridgehead atoms. The van der Waals surface area contributed by atoms with Gasteiger partial charge in [0.25, 0.3) is 0 Å². The molecular formula is C13H25NO3. The van der Waals surface area contributed by atoms with E-state index in [1.165, 1.54) is 0 Å². The maximum atomic E-state index is 12.2. The zero-order chi connectivity index (χ0) is 13.4. The average molecular weight is 243 g/mol. The molecule has 1 saturated heterocycles. The van der Waals surface area contributed by atoms with Gasteiger partial charge in [-0.2, -0.15) is 0 Å². The standard InChI is InChI=1S/C13H25NO3/c1-7-8(2)17-9(3)11(7)12(16)14-13(5,6)10(4)15/h7-11,15H,1-6H3,(H,14,16). The average Bonchev–Trinajstić information content (AvgIpc) is 2.39. The number of amides is 1. The molecule has 1 amide bonds. The van der Waals surface area contributed by atoms with Crippen molar-refractivity contribution in [1.29, 1.82) is 0 Å². The lowest BCUT2D eigenvalue weighted by Crippen LogP contribution is -2.54. The molecule has 1 heterocycles. The summed E-state index contributed by atoms with van der Waals surface area (Å²) in [7, 11) is 0. The van der Waals surface area contributed by atoms with E-state index in [0.29, 0.717) is 0 Å². The summed E-state index contributed by atoms with van der Waals surface area (Å²) < 4.78 is 5.66. The fourth-order valence-electron chi connectivity index (χ4n) is 2.22. The van der Waals surface area contributed by atoms with Crippen LogP contribution in [-0.2, 0) is 9.53 Å². The van der Waals surface area contributed by atoms with Crippen LogP contribution in [0.1, 0.15) is 41.5 Å². The van der Waals surface area contributed by atoms with E-state index in [-0.39, 0.29) is 30.0 Å². The second kappa shape index (κ2) is 4.94. The van der Waals surface area contributed by atoms with Gasteiger partial charge in [0.15, 0.2) is 0 Å². The summed E-state index contributed by atoms with van der Waals surface area (Å²) in [6.45, 7) is 11.3. The van der Waals surface area contributed by atoms with E-state index >= 15 is 0 Å². The van der Waals surface area contributed by atoms with Gasteiger partial charge in [-0.3, -0.25) is 4.79 Å². The number of carbonyl (C=O) groups excluding carboxylic acids is 1. The minimum absolute atomic E-state index is 0.0275. The second-order valence-electron chi connectivity index (χ2n) is 5.82. The quantitative estimate of drug-likeness (QED) is 0.786. The number of nitrogens with one attached hydrogen (secondary N) is 1. The molecule has 1 aliphatic heterocycles. The zero-order valence-corrected chi connectivity index (χ0v) is 11.7. The Kier molecular flexibility index (Phi) is 4.20. The summed E-state index contributed by atoms with van der Waals surface area (Å²) in [6, 6.07) is 0. The summed E-state index contributed by atoms with van der Waals surface area (Å²) in [5.41, 5.74) is -0.609. The molecule has 1 rings (SSSR count). The van der Waals surface area contributed by atoms with Gasteiger partial charge in [0.05, 0.1) is 29.8 Å². The molecule has 100 valence electrons. The van der Waals surface area contributed by atoms with Gasteiger partial charge in [-0.15, -0.1) is 0 Å². The molecule has 0 aromatic heterocycles. The normalized spacial score (nSPS) is 35.7. The van der Waals surface area contributed by atoms with Gasteiger partial charge in [0.1, 0.15) is 0 Å². The van der Waals surface area contributed by atoms with Crippen LogP contribution >= 0.6 is 0 Å². The molecule has 0 spiro atoms. The molecule has 5 unspecified atom stereocenters. The van der Waals surface area contributed by atoms with Gasteiger partial charge < -0.3 is 15.2 Å². The molecule has 0 radical (unpaired) electrons. The molecular weight excluding hydrogens is 218 g/mol. The number of aliphatic hydroxyl groups excluding tert-OH is 1. The second-order valence-corrected chi connectivity index (χ2v) is 5.82. The molecule has 0 aromatic rings. The summed E-state index contributed by atoms with van der Waals surface area (Å²) >= 11 is 0. The third-order valence-corrected chi connectivity index (χ3v) is 4.03. The molecule has 1 aliphatic rings. The van der Waals surface area contributed by atoms with Crippen molar-refractivity contribution in [2.45, 2.75) is 65.4 Å². The SMILES string of the molecule is CC1OC(C)C(C(=O)NC(C)(C)C(C)O)C1C. The largest absolute Gasteiger partial charge is 0.391 e. The van der Waals surface area contributed by atoms with Crippen LogP contribution in [0, 0.1) is 11.8 Å². The predicted octanol–water partition coefficient (Wildman–Crippen LogP) is 1.32. The summed E-state index contributed by atoms with van der Waals surface area (Å²) in [4.78, 5) is 12.2. The summed E-state index contributed by atoms with van der Waals surface area (Å²) in [5, 5.41) is 12.5. The maximum Gasteiger partial charge on any atom is 0.226 e. The molecule has 0 aliphatic carbocycles. The van der Waals surface area contributed by atoms with Crippen LogP contribution in [-0.4, -0.2) is 34.9 Å². The zero-order valence-electron chi connectivity index (χ0n) is 11.7. The lowest BCUT2D eigenvalue weighted by molar-refractivity contribution is -0.130.